The summed E-state index contributed by atoms with van der Waals surface area (Å²) in [6.45, 7) is 0. The van der Waals surface area contributed by atoms with Crippen molar-refractivity contribution in [2.45, 2.75) is 43.9 Å². The molecule has 1 aliphatic carbocycles. The lowest BCUT2D eigenvalue weighted by Gasteiger charge is -2.37. The second-order valence-electron chi connectivity index (χ2n) is 5.33. The summed E-state index contributed by atoms with van der Waals surface area (Å²) < 4.78 is 10.2. The van der Waals surface area contributed by atoms with E-state index >= 15 is 0 Å². The van der Waals surface area contributed by atoms with Crippen molar-refractivity contribution in [2.75, 3.05) is 14.2 Å². The van der Waals surface area contributed by atoms with Gasteiger partial charge in [0.15, 0.2) is 0 Å². The number of carbonyl (C=O) groups is 1. The van der Waals surface area contributed by atoms with Crippen LogP contribution in [0.15, 0.2) is 24.3 Å². The van der Waals surface area contributed by atoms with Crippen LogP contribution in [0.25, 0.3) is 0 Å². The fourth-order valence-corrected chi connectivity index (χ4v) is 3.10. The molecule has 2 rings (SSSR count). The van der Waals surface area contributed by atoms with Crippen LogP contribution in [0, 0.1) is 0 Å². The van der Waals surface area contributed by atoms with Crippen LogP contribution in [0.3, 0.4) is 0 Å². The quantitative estimate of drug-likeness (QED) is 0.779. The molecule has 19 heavy (non-hydrogen) atoms. The summed E-state index contributed by atoms with van der Waals surface area (Å²) in [4.78, 5) is 11.8. The number of carbonyl (C=O) groups excluding carboxylic acids is 1. The molecule has 0 saturated heterocycles. The van der Waals surface area contributed by atoms with Crippen LogP contribution >= 0.6 is 0 Å². The Bertz CT molecular complexity index is 433. The van der Waals surface area contributed by atoms with Crippen molar-refractivity contribution in [1.82, 2.24) is 0 Å². The first-order valence-electron chi connectivity index (χ1n) is 6.91. The lowest BCUT2D eigenvalue weighted by molar-refractivity contribution is -0.142. The molecule has 1 fully saturated rings. The highest BCUT2D eigenvalue weighted by molar-refractivity contribution is 5.71. The van der Waals surface area contributed by atoms with Gasteiger partial charge in [-0.1, -0.05) is 31.4 Å². The van der Waals surface area contributed by atoms with E-state index in [1.807, 2.05) is 12.1 Å². The molecule has 3 nitrogen and oxygen atoms in total. The topological polar surface area (TPSA) is 35.5 Å². The minimum Gasteiger partial charge on any atom is -0.497 e. The third-order valence-electron chi connectivity index (χ3n) is 4.20. The average molecular weight is 262 g/mol. The molecule has 1 aliphatic rings. The summed E-state index contributed by atoms with van der Waals surface area (Å²) in [6, 6.07) is 8.12. The van der Waals surface area contributed by atoms with Crippen LogP contribution in [0.2, 0.25) is 0 Å². The first kappa shape index (κ1) is 13.9. The summed E-state index contributed by atoms with van der Waals surface area (Å²) in [5, 5.41) is 0. The van der Waals surface area contributed by atoms with Gasteiger partial charge in [0.05, 0.1) is 20.6 Å². The number of ether oxygens (including phenoxy) is 2. The third kappa shape index (κ3) is 3.09. The Hall–Kier alpha value is -1.51. The molecule has 3 heteroatoms. The number of rotatable bonds is 4. The van der Waals surface area contributed by atoms with E-state index in [4.69, 9.17) is 9.47 Å². The predicted octanol–water partition coefficient (Wildman–Crippen LogP) is 3.46. The zero-order chi connectivity index (χ0) is 13.7. The Labute approximate surface area is 114 Å². The first-order valence-corrected chi connectivity index (χ1v) is 6.91. The van der Waals surface area contributed by atoms with Crippen molar-refractivity contribution in [1.29, 1.82) is 0 Å². The first-order chi connectivity index (χ1) is 9.20. The Morgan fingerprint density at radius 1 is 1.21 bits per heavy atom. The highest BCUT2D eigenvalue weighted by atomic mass is 16.5. The van der Waals surface area contributed by atoms with Crippen molar-refractivity contribution in [2.24, 2.45) is 0 Å². The maximum Gasteiger partial charge on any atom is 0.306 e. The maximum absolute atomic E-state index is 11.8. The summed E-state index contributed by atoms with van der Waals surface area (Å²) in [5.41, 5.74) is 1.14. The van der Waals surface area contributed by atoms with Crippen molar-refractivity contribution in [3.8, 4) is 5.75 Å². The van der Waals surface area contributed by atoms with Gasteiger partial charge in [-0.05, 0) is 30.5 Å². The third-order valence-corrected chi connectivity index (χ3v) is 4.20. The van der Waals surface area contributed by atoms with Crippen molar-refractivity contribution >= 4 is 5.97 Å². The maximum atomic E-state index is 11.8. The normalized spacial score (nSPS) is 17.8. The van der Waals surface area contributed by atoms with Crippen LogP contribution in [0.1, 0.15) is 44.1 Å². The smallest absolute Gasteiger partial charge is 0.306 e. The van der Waals surface area contributed by atoms with Crippen molar-refractivity contribution in [3.63, 3.8) is 0 Å². The van der Waals surface area contributed by atoms with E-state index in [1.165, 1.54) is 31.9 Å². The zero-order valence-electron chi connectivity index (χ0n) is 11.8. The lowest BCUT2D eigenvalue weighted by atomic mass is 9.67. The molecule has 0 unspecified atom stereocenters. The molecule has 0 heterocycles. The average Bonchev–Trinajstić information content (AvgIpc) is 2.48. The second kappa shape index (κ2) is 6.09. The largest absolute Gasteiger partial charge is 0.497 e. The minimum absolute atomic E-state index is 0.0696. The number of methoxy groups -OCH3 is 2. The SMILES string of the molecule is COC(=O)CC1(c2cccc(OC)c2)CCCCC1. The number of benzene rings is 1. The summed E-state index contributed by atoms with van der Waals surface area (Å²) in [6.07, 6.45) is 6.18. The number of hydrogen-bond donors (Lipinski definition) is 0. The highest BCUT2D eigenvalue weighted by Gasteiger charge is 2.36. The van der Waals surface area contributed by atoms with Crippen molar-refractivity contribution in [3.05, 3.63) is 29.8 Å². The van der Waals surface area contributed by atoms with Crippen molar-refractivity contribution < 1.29 is 14.3 Å². The van der Waals surface area contributed by atoms with Gasteiger partial charge in [-0.2, -0.15) is 0 Å². The zero-order valence-corrected chi connectivity index (χ0v) is 11.8. The molecule has 0 N–H and O–H groups in total. The fourth-order valence-electron chi connectivity index (χ4n) is 3.10. The van der Waals surface area contributed by atoms with Gasteiger partial charge < -0.3 is 9.47 Å². The van der Waals surface area contributed by atoms with Gasteiger partial charge in [-0.3, -0.25) is 4.79 Å². The summed E-state index contributed by atoms with van der Waals surface area (Å²) in [5.74, 6) is 0.733. The van der Waals surface area contributed by atoms with Gasteiger partial charge >= 0.3 is 5.97 Å². The second-order valence-corrected chi connectivity index (χ2v) is 5.33. The Kier molecular flexibility index (Phi) is 4.46. The van der Waals surface area contributed by atoms with E-state index in [9.17, 15) is 4.79 Å². The molecule has 1 aromatic carbocycles. The van der Waals surface area contributed by atoms with Crippen LogP contribution < -0.4 is 4.74 Å². The molecule has 0 amide bonds. The molecule has 0 aromatic heterocycles. The molecule has 0 radical (unpaired) electrons. The lowest BCUT2D eigenvalue weighted by Crippen LogP contribution is -2.32. The van der Waals surface area contributed by atoms with E-state index in [0.717, 1.165) is 18.6 Å². The molecule has 0 aliphatic heterocycles. The van der Waals surface area contributed by atoms with Gasteiger partial charge in [-0.25, -0.2) is 0 Å². The van der Waals surface area contributed by atoms with E-state index in [1.54, 1.807) is 7.11 Å². The molecule has 0 spiro atoms. The Morgan fingerprint density at radius 3 is 2.58 bits per heavy atom. The number of hydrogen-bond acceptors (Lipinski definition) is 3. The molecule has 1 aromatic rings. The van der Waals surface area contributed by atoms with Crippen LogP contribution in [0.5, 0.6) is 5.75 Å². The fraction of sp³-hybridized carbons (Fsp3) is 0.562. The van der Waals surface area contributed by atoms with E-state index in [-0.39, 0.29) is 11.4 Å². The van der Waals surface area contributed by atoms with Gasteiger partial charge in [0.25, 0.3) is 0 Å². The molecule has 0 bridgehead atoms. The monoisotopic (exact) mass is 262 g/mol. The molecule has 1 saturated carbocycles. The van der Waals surface area contributed by atoms with Gasteiger partial charge in [0.1, 0.15) is 5.75 Å². The minimum atomic E-state index is -0.121. The highest BCUT2D eigenvalue weighted by Crippen LogP contribution is 2.43. The predicted molar refractivity (Wildman–Crippen MR) is 74.4 cm³/mol. The van der Waals surface area contributed by atoms with Crippen LogP contribution in [-0.4, -0.2) is 20.2 Å². The van der Waals surface area contributed by atoms with Gasteiger partial charge in [-0.15, -0.1) is 0 Å². The molecule has 104 valence electrons. The summed E-state index contributed by atoms with van der Waals surface area (Å²) in [7, 11) is 3.14. The Morgan fingerprint density at radius 2 is 1.95 bits per heavy atom. The molecule has 0 atom stereocenters. The van der Waals surface area contributed by atoms with Gasteiger partial charge in [0, 0.05) is 5.41 Å². The van der Waals surface area contributed by atoms with E-state index in [0.29, 0.717) is 6.42 Å². The Balaban J connectivity index is 2.32. The van der Waals surface area contributed by atoms with Crippen LogP contribution in [0.4, 0.5) is 0 Å². The molecular formula is C16H22O3. The van der Waals surface area contributed by atoms with E-state index in [2.05, 4.69) is 12.1 Å². The molecular weight excluding hydrogens is 240 g/mol. The van der Waals surface area contributed by atoms with Crippen LogP contribution in [-0.2, 0) is 14.9 Å². The standard InChI is InChI=1S/C16H22O3/c1-18-14-8-6-7-13(11-14)16(12-15(17)19-2)9-4-3-5-10-16/h6-8,11H,3-5,9-10,12H2,1-2H3. The number of esters is 1. The summed E-state index contributed by atoms with van der Waals surface area (Å²) >= 11 is 0. The van der Waals surface area contributed by atoms with E-state index < -0.39 is 0 Å². The van der Waals surface area contributed by atoms with Gasteiger partial charge in [0.2, 0.25) is 0 Å².